The van der Waals surface area contributed by atoms with Gasteiger partial charge in [-0.15, -0.1) is 0 Å². The monoisotopic (exact) mass is 397 g/mol. The topological polar surface area (TPSA) is 49.8 Å². The SMILES string of the molecule is CCCCCCCCCCCCCCN1C(C)(C)CC(OC(=O)O)CC1(C)C. The van der Waals surface area contributed by atoms with E-state index in [-0.39, 0.29) is 17.2 Å². The van der Waals surface area contributed by atoms with Crippen LogP contribution in [0.4, 0.5) is 4.79 Å². The molecule has 0 amide bonds. The lowest BCUT2D eigenvalue weighted by molar-refractivity contribution is -0.0904. The molecule has 0 aliphatic carbocycles. The van der Waals surface area contributed by atoms with Crippen LogP contribution in [0.25, 0.3) is 0 Å². The number of nitrogens with zero attached hydrogens (tertiary/aromatic N) is 1. The van der Waals surface area contributed by atoms with Crippen molar-refractivity contribution < 1.29 is 14.6 Å². The summed E-state index contributed by atoms with van der Waals surface area (Å²) in [5.41, 5.74) is -0.0563. The van der Waals surface area contributed by atoms with Gasteiger partial charge >= 0.3 is 6.16 Å². The minimum atomic E-state index is -1.15. The van der Waals surface area contributed by atoms with Crippen LogP contribution in [0.5, 0.6) is 0 Å². The smallest absolute Gasteiger partial charge is 0.450 e. The number of ether oxygens (including phenoxy) is 1. The van der Waals surface area contributed by atoms with Crippen molar-refractivity contribution in [3.05, 3.63) is 0 Å². The number of carbonyl (C=O) groups is 1. The molecule has 28 heavy (non-hydrogen) atoms. The average molecular weight is 398 g/mol. The Labute approximate surface area is 174 Å². The summed E-state index contributed by atoms with van der Waals surface area (Å²) in [7, 11) is 0. The molecule has 1 N–H and O–H groups in total. The molecular formula is C24H47NO3. The fraction of sp³-hybridized carbons (Fsp3) is 0.958. The zero-order valence-corrected chi connectivity index (χ0v) is 19.4. The molecule has 0 aromatic heterocycles. The molecule has 0 radical (unpaired) electrons. The van der Waals surface area contributed by atoms with E-state index in [9.17, 15) is 4.79 Å². The summed E-state index contributed by atoms with van der Waals surface area (Å²) >= 11 is 0. The average Bonchev–Trinajstić information content (AvgIpc) is 2.56. The van der Waals surface area contributed by atoms with E-state index in [1.165, 1.54) is 77.0 Å². The molecule has 1 saturated heterocycles. The van der Waals surface area contributed by atoms with Crippen molar-refractivity contribution in [2.24, 2.45) is 0 Å². The summed E-state index contributed by atoms with van der Waals surface area (Å²) in [6.45, 7) is 12.3. The number of piperidine rings is 1. The van der Waals surface area contributed by atoms with E-state index in [0.717, 1.165) is 19.4 Å². The zero-order chi connectivity index (χ0) is 21.0. The molecule has 1 aliphatic rings. The summed E-state index contributed by atoms with van der Waals surface area (Å²) in [4.78, 5) is 13.5. The van der Waals surface area contributed by atoms with E-state index >= 15 is 0 Å². The predicted molar refractivity (Wildman–Crippen MR) is 118 cm³/mol. The Morgan fingerprint density at radius 2 is 1.21 bits per heavy atom. The van der Waals surface area contributed by atoms with Gasteiger partial charge in [0.25, 0.3) is 0 Å². The van der Waals surface area contributed by atoms with Crippen LogP contribution in [-0.4, -0.2) is 39.9 Å². The third-order valence-corrected chi connectivity index (χ3v) is 6.42. The minimum Gasteiger partial charge on any atom is -0.450 e. The fourth-order valence-corrected chi connectivity index (χ4v) is 5.17. The van der Waals surface area contributed by atoms with Gasteiger partial charge in [0.15, 0.2) is 0 Å². The van der Waals surface area contributed by atoms with Crippen molar-refractivity contribution >= 4 is 6.16 Å². The molecular weight excluding hydrogens is 350 g/mol. The van der Waals surface area contributed by atoms with Crippen molar-refractivity contribution in [3.8, 4) is 0 Å². The Kier molecular flexibility index (Phi) is 11.5. The highest BCUT2D eigenvalue weighted by Crippen LogP contribution is 2.39. The van der Waals surface area contributed by atoms with Gasteiger partial charge in [0, 0.05) is 23.9 Å². The molecule has 166 valence electrons. The van der Waals surface area contributed by atoms with Crippen molar-refractivity contribution in [2.45, 2.75) is 142 Å². The van der Waals surface area contributed by atoms with E-state index < -0.39 is 6.16 Å². The fourth-order valence-electron chi connectivity index (χ4n) is 5.17. The second-order valence-electron chi connectivity index (χ2n) is 10.1. The first-order valence-corrected chi connectivity index (χ1v) is 11.9. The molecule has 0 unspecified atom stereocenters. The number of unbranched alkanes of at least 4 members (excludes halogenated alkanes) is 11. The number of likely N-dealkylation sites (tertiary alicyclic amines) is 1. The van der Waals surface area contributed by atoms with Gasteiger partial charge < -0.3 is 9.84 Å². The Bertz CT molecular complexity index is 416. The normalized spacial score (nSPS) is 19.6. The molecule has 0 bridgehead atoms. The number of rotatable bonds is 14. The molecule has 0 aromatic carbocycles. The van der Waals surface area contributed by atoms with Gasteiger partial charge in [-0.05, 0) is 40.7 Å². The second-order valence-corrected chi connectivity index (χ2v) is 10.1. The van der Waals surface area contributed by atoms with Crippen LogP contribution in [0, 0.1) is 0 Å². The minimum absolute atomic E-state index is 0.0281. The summed E-state index contributed by atoms with van der Waals surface area (Å²) in [5, 5.41) is 8.96. The van der Waals surface area contributed by atoms with Gasteiger partial charge in [0.2, 0.25) is 0 Å². The van der Waals surface area contributed by atoms with Crippen LogP contribution >= 0.6 is 0 Å². The number of carboxylic acid groups (broad SMARTS) is 1. The molecule has 0 spiro atoms. The van der Waals surface area contributed by atoms with E-state index in [0.29, 0.717) is 0 Å². The summed E-state index contributed by atoms with van der Waals surface area (Å²) in [5.74, 6) is 0. The third kappa shape index (κ3) is 9.62. The first-order valence-electron chi connectivity index (χ1n) is 11.9. The lowest BCUT2D eigenvalue weighted by Crippen LogP contribution is -2.62. The molecule has 4 nitrogen and oxygen atoms in total. The molecule has 1 aliphatic heterocycles. The highest BCUT2D eigenvalue weighted by atomic mass is 16.7. The first-order chi connectivity index (χ1) is 13.2. The standard InChI is InChI=1S/C24H47NO3/c1-6-7-8-9-10-11-12-13-14-15-16-17-18-25-23(2,3)19-21(28-22(26)27)20-24(25,4)5/h21H,6-20H2,1-5H3,(H,26,27). The van der Waals surface area contributed by atoms with Crippen molar-refractivity contribution in [1.29, 1.82) is 0 Å². The van der Waals surface area contributed by atoms with Gasteiger partial charge in [0.1, 0.15) is 6.10 Å². The summed E-state index contributed by atoms with van der Waals surface area (Å²) in [6, 6.07) is 0. The van der Waals surface area contributed by atoms with Crippen LogP contribution in [-0.2, 0) is 4.74 Å². The Morgan fingerprint density at radius 3 is 1.61 bits per heavy atom. The molecule has 1 rings (SSSR count). The van der Waals surface area contributed by atoms with Gasteiger partial charge in [0.05, 0.1) is 0 Å². The molecule has 1 heterocycles. The van der Waals surface area contributed by atoms with Gasteiger partial charge in [-0.3, -0.25) is 4.90 Å². The largest absolute Gasteiger partial charge is 0.506 e. The third-order valence-electron chi connectivity index (χ3n) is 6.42. The molecule has 0 saturated carbocycles. The van der Waals surface area contributed by atoms with Gasteiger partial charge in [-0.25, -0.2) is 4.79 Å². The van der Waals surface area contributed by atoms with Crippen molar-refractivity contribution in [2.75, 3.05) is 6.54 Å². The lowest BCUT2D eigenvalue weighted by Gasteiger charge is -2.54. The molecule has 1 fully saturated rings. The highest BCUT2D eigenvalue weighted by molar-refractivity contribution is 5.57. The molecule has 4 heteroatoms. The van der Waals surface area contributed by atoms with Crippen molar-refractivity contribution in [1.82, 2.24) is 4.90 Å². The maximum atomic E-state index is 10.9. The van der Waals surface area contributed by atoms with Crippen LogP contribution < -0.4 is 0 Å². The zero-order valence-electron chi connectivity index (χ0n) is 19.4. The van der Waals surface area contributed by atoms with Gasteiger partial charge in [-0.2, -0.15) is 0 Å². The van der Waals surface area contributed by atoms with E-state index in [2.05, 4.69) is 39.5 Å². The molecule has 0 aromatic rings. The van der Waals surface area contributed by atoms with Gasteiger partial charge in [-0.1, -0.05) is 77.6 Å². The summed E-state index contributed by atoms with van der Waals surface area (Å²) < 4.78 is 5.12. The first kappa shape index (κ1) is 25.3. The Balaban J connectivity index is 2.18. The Morgan fingerprint density at radius 1 is 0.821 bits per heavy atom. The number of hydrogen-bond acceptors (Lipinski definition) is 3. The van der Waals surface area contributed by atoms with Crippen LogP contribution in [0.2, 0.25) is 0 Å². The summed E-state index contributed by atoms with van der Waals surface area (Å²) in [6.07, 6.45) is 16.7. The van der Waals surface area contributed by atoms with Crippen LogP contribution in [0.1, 0.15) is 125 Å². The lowest BCUT2D eigenvalue weighted by atomic mass is 9.78. The highest BCUT2D eigenvalue weighted by Gasteiger charge is 2.46. The predicted octanol–water partition coefficient (Wildman–Crippen LogP) is 7.40. The van der Waals surface area contributed by atoms with Crippen molar-refractivity contribution in [3.63, 3.8) is 0 Å². The van der Waals surface area contributed by atoms with Crippen LogP contribution in [0.15, 0.2) is 0 Å². The van der Waals surface area contributed by atoms with E-state index in [4.69, 9.17) is 9.84 Å². The van der Waals surface area contributed by atoms with E-state index in [1.54, 1.807) is 0 Å². The number of hydrogen-bond donors (Lipinski definition) is 1. The maximum Gasteiger partial charge on any atom is 0.506 e. The Hall–Kier alpha value is -0.770. The quantitative estimate of drug-likeness (QED) is 0.245. The maximum absolute atomic E-state index is 10.9. The second kappa shape index (κ2) is 12.7. The van der Waals surface area contributed by atoms with E-state index in [1.807, 2.05) is 0 Å². The molecule has 0 atom stereocenters. The van der Waals surface area contributed by atoms with Crippen LogP contribution in [0.3, 0.4) is 0 Å².